The molecule has 0 radical (unpaired) electrons. The molecular weight excluding hydrogens is 310 g/mol. The number of thiophene rings is 1. The number of likely N-dealkylation sites (tertiary alicyclic amines) is 1. The Labute approximate surface area is 141 Å². The van der Waals surface area contributed by atoms with Crippen molar-refractivity contribution >= 4 is 23.1 Å². The van der Waals surface area contributed by atoms with E-state index in [1.807, 2.05) is 30.0 Å². The predicted octanol–water partition coefficient (Wildman–Crippen LogP) is 4.25. The molecule has 0 aliphatic carbocycles. The van der Waals surface area contributed by atoms with E-state index in [-0.39, 0.29) is 0 Å². The zero-order valence-electron chi connectivity index (χ0n) is 13.1. The van der Waals surface area contributed by atoms with Gasteiger partial charge < -0.3 is 0 Å². The highest BCUT2D eigenvalue weighted by molar-refractivity contribution is 7.98. The molecule has 0 bridgehead atoms. The number of rotatable bonds is 6. The largest absolute Gasteiger partial charge is 0.296 e. The summed E-state index contributed by atoms with van der Waals surface area (Å²) in [7, 11) is 0. The Morgan fingerprint density at radius 2 is 2.18 bits per heavy atom. The van der Waals surface area contributed by atoms with Crippen LogP contribution in [0.15, 0.2) is 35.1 Å². The van der Waals surface area contributed by atoms with Crippen molar-refractivity contribution in [1.29, 1.82) is 0 Å². The van der Waals surface area contributed by atoms with Gasteiger partial charge in [0.25, 0.3) is 0 Å². The minimum absolute atomic E-state index is 0.705. The second kappa shape index (κ2) is 8.09. The van der Waals surface area contributed by atoms with Crippen molar-refractivity contribution in [3.63, 3.8) is 0 Å². The summed E-state index contributed by atoms with van der Waals surface area (Å²) >= 11 is 3.48. The third-order valence-corrected chi connectivity index (χ3v) is 5.82. The molecule has 1 fully saturated rings. The van der Waals surface area contributed by atoms with Gasteiger partial charge in [0, 0.05) is 35.4 Å². The zero-order valence-corrected chi connectivity index (χ0v) is 14.7. The molecule has 0 spiro atoms. The molecule has 1 atom stereocenters. The normalized spacial score (nSPS) is 19.4. The topological polar surface area (TPSA) is 29.0 Å². The lowest BCUT2D eigenvalue weighted by Gasteiger charge is -2.35. The van der Waals surface area contributed by atoms with Crippen molar-refractivity contribution in [2.75, 3.05) is 12.8 Å². The Bertz CT molecular complexity index is 554. The number of hydrogen-bond acceptors (Lipinski definition) is 5. The number of aromatic nitrogens is 2. The van der Waals surface area contributed by atoms with Gasteiger partial charge in [0.15, 0.2) is 5.16 Å². The summed E-state index contributed by atoms with van der Waals surface area (Å²) in [5.74, 6) is 0. The molecule has 22 heavy (non-hydrogen) atoms. The first-order chi connectivity index (χ1) is 10.8. The van der Waals surface area contributed by atoms with Crippen LogP contribution < -0.4 is 0 Å². The number of hydrogen-bond donors (Lipinski definition) is 0. The van der Waals surface area contributed by atoms with Gasteiger partial charge in [-0.2, -0.15) is 0 Å². The molecule has 1 unspecified atom stereocenters. The van der Waals surface area contributed by atoms with Crippen LogP contribution in [0.4, 0.5) is 0 Å². The molecule has 118 valence electrons. The monoisotopic (exact) mass is 333 g/mol. The molecule has 3 nitrogen and oxygen atoms in total. The zero-order chi connectivity index (χ0) is 15.2. The van der Waals surface area contributed by atoms with E-state index < -0.39 is 0 Å². The Morgan fingerprint density at radius 1 is 1.32 bits per heavy atom. The lowest BCUT2D eigenvalue weighted by Crippen LogP contribution is -2.39. The number of aryl methyl sites for hydroxylation is 1. The van der Waals surface area contributed by atoms with E-state index in [1.54, 1.807) is 11.8 Å². The fourth-order valence-electron chi connectivity index (χ4n) is 3.12. The maximum atomic E-state index is 4.40. The molecule has 3 rings (SSSR count). The Balaban J connectivity index is 1.58. The average Bonchev–Trinajstić information content (AvgIpc) is 3.08. The minimum atomic E-state index is 0.705. The van der Waals surface area contributed by atoms with Gasteiger partial charge in [-0.15, -0.1) is 11.3 Å². The van der Waals surface area contributed by atoms with Crippen LogP contribution in [0.3, 0.4) is 0 Å². The standard InChI is InChI=1S/C17H23N3S2/c1-21-17-18-11-14(12-19-17)13-20-9-3-2-5-15(20)7-8-16-6-4-10-22-16/h4,6,10-12,15H,2-3,5,7-9,13H2,1H3. The van der Waals surface area contributed by atoms with Crippen LogP contribution in [-0.2, 0) is 13.0 Å². The second-order valence-electron chi connectivity index (χ2n) is 5.82. The van der Waals surface area contributed by atoms with Crippen LogP contribution in [0, 0.1) is 0 Å². The summed E-state index contributed by atoms with van der Waals surface area (Å²) in [5, 5.41) is 3.04. The maximum Gasteiger partial charge on any atom is 0.187 e. The highest BCUT2D eigenvalue weighted by atomic mass is 32.2. The van der Waals surface area contributed by atoms with E-state index >= 15 is 0 Å². The Kier molecular flexibility index (Phi) is 5.87. The van der Waals surface area contributed by atoms with Gasteiger partial charge in [0.2, 0.25) is 0 Å². The Hall–Kier alpha value is -0.910. The molecule has 2 aromatic rings. The van der Waals surface area contributed by atoms with Crippen molar-refractivity contribution in [1.82, 2.24) is 14.9 Å². The van der Waals surface area contributed by atoms with E-state index in [1.165, 1.54) is 49.1 Å². The number of piperidine rings is 1. The third kappa shape index (κ3) is 4.31. The highest BCUT2D eigenvalue weighted by Gasteiger charge is 2.22. The molecular formula is C17H23N3S2. The van der Waals surface area contributed by atoms with Crippen LogP contribution in [-0.4, -0.2) is 33.7 Å². The van der Waals surface area contributed by atoms with Crippen molar-refractivity contribution in [2.45, 2.75) is 49.8 Å². The van der Waals surface area contributed by atoms with Gasteiger partial charge in [0.1, 0.15) is 0 Å². The molecule has 0 N–H and O–H groups in total. The van der Waals surface area contributed by atoms with Crippen LogP contribution in [0.1, 0.15) is 36.1 Å². The third-order valence-electron chi connectivity index (χ3n) is 4.30. The first-order valence-electron chi connectivity index (χ1n) is 7.96. The molecule has 3 heterocycles. The fourth-order valence-corrected chi connectivity index (χ4v) is 4.16. The summed E-state index contributed by atoms with van der Waals surface area (Å²) in [6.45, 7) is 2.20. The van der Waals surface area contributed by atoms with Gasteiger partial charge >= 0.3 is 0 Å². The number of nitrogens with zero attached hydrogens (tertiary/aromatic N) is 3. The highest BCUT2D eigenvalue weighted by Crippen LogP contribution is 2.24. The SMILES string of the molecule is CSc1ncc(CN2CCCCC2CCc2cccs2)cn1. The number of thioether (sulfide) groups is 1. The van der Waals surface area contributed by atoms with E-state index in [0.29, 0.717) is 6.04 Å². The van der Waals surface area contributed by atoms with Crippen LogP contribution in [0.2, 0.25) is 0 Å². The van der Waals surface area contributed by atoms with Gasteiger partial charge in [-0.05, 0) is 49.9 Å². The first kappa shape index (κ1) is 16.0. The molecule has 1 aliphatic heterocycles. The molecule has 5 heteroatoms. The summed E-state index contributed by atoms with van der Waals surface area (Å²) in [5.41, 5.74) is 1.24. The van der Waals surface area contributed by atoms with Crippen LogP contribution in [0.5, 0.6) is 0 Å². The summed E-state index contributed by atoms with van der Waals surface area (Å²) < 4.78 is 0. The first-order valence-corrected chi connectivity index (χ1v) is 10.1. The van der Waals surface area contributed by atoms with Crippen molar-refractivity contribution in [3.05, 3.63) is 40.3 Å². The molecule has 1 aliphatic rings. The molecule has 0 aromatic carbocycles. The Morgan fingerprint density at radius 3 is 2.91 bits per heavy atom. The molecule has 2 aromatic heterocycles. The van der Waals surface area contributed by atoms with Gasteiger partial charge in [0.05, 0.1) is 0 Å². The summed E-state index contributed by atoms with van der Waals surface area (Å²) in [4.78, 5) is 12.9. The van der Waals surface area contributed by atoms with Gasteiger partial charge in [-0.1, -0.05) is 24.2 Å². The average molecular weight is 334 g/mol. The maximum absolute atomic E-state index is 4.40. The summed E-state index contributed by atoms with van der Waals surface area (Å²) in [6, 6.07) is 5.12. The van der Waals surface area contributed by atoms with Gasteiger partial charge in [-0.25, -0.2) is 9.97 Å². The lowest BCUT2D eigenvalue weighted by atomic mass is 9.97. The molecule has 0 saturated carbocycles. The van der Waals surface area contributed by atoms with Crippen LogP contribution >= 0.6 is 23.1 Å². The fraction of sp³-hybridized carbons (Fsp3) is 0.529. The molecule has 1 saturated heterocycles. The van der Waals surface area contributed by atoms with Gasteiger partial charge in [-0.3, -0.25) is 4.90 Å². The quantitative estimate of drug-likeness (QED) is 0.584. The van der Waals surface area contributed by atoms with Crippen molar-refractivity contribution in [2.24, 2.45) is 0 Å². The smallest absolute Gasteiger partial charge is 0.187 e. The van der Waals surface area contributed by atoms with Crippen LogP contribution in [0.25, 0.3) is 0 Å². The van der Waals surface area contributed by atoms with Crippen molar-refractivity contribution in [3.8, 4) is 0 Å². The minimum Gasteiger partial charge on any atom is -0.296 e. The molecule has 0 amide bonds. The van der Waals surface area contributed by atoms with E-state index in [0.717, 1.165) is 11.7 Å². The van der Waals surface area contributed by atoms with Crippen molar-refractivity contribution < 1.29 is 0 Å². The van der Waals surface area contributed by atoms with E-state index in [9.17, 15) is 0 Å². The summed E-state index contributed by atoms with van der Waals surface area (Å²) in [6.07, 6.45) is 12.5. The van der Waals surface area contributed by atoms with E-state index in [2.05, 4.69) is 32.4 Å². The predicted molar refractivity (Wildman–Crippen MR) is 94.5 cm³/mol. The van der Waals surface area contributed by atoms with E-state index in [4.69, 9.17) is 0 Å². The lowest BCUT2D eigenvalue weighted by molar-refractivity contribution is 0.132. The second-order valence-corrected chi connectivity index (χ2v) is 7.62.